The van der Waals surface area contributed by atoms with E-state index in [0.717, 1.165) is 31.0 Å². The number of rotatable bonds is 9. The van der Waals surface area contributed by atoms with Crippen molar-refractivity contribution < 1.29 is 17.9 Å². The molecule has 0 fully saturated rings. The van der Waals surface area contributed by atoms with Gasteiger partial charge >= 0.3 is 6.18 Å². The van der Waals surface area contributed by atoms with E-state index >= 15 is 0 Å². The molecule has 1 aromatic carbocycles. The second-order valence-electron chi connectivity index (χ2n) is 6.23. The van der Waals surface area contributed by atoms with E-state index in [9.17, 15) is 13.2 Å². The van der Waals surface area contributed by atoms with Gasteiger partial charge in [-0.25, -0.2) is 4.99 Å². The van der Waals surface area contributed by atoms with Crippen LogP contribution in [0.15, 0.2) is 29.3 Å². The van der Waals surface area contributed by atoms with Crippen LogP contribution in [0.1, 0.15) is 38.3 Å². The molecule has 150 valence electrons. The summed E-state index contributed by atoms with van der Waals surface area (Å²) in [5.41, 5.74) is 1.69. The minimum absolute atomic E-state index is 0. The highest BCUT2D eigenvalue weighted by Gasteiger charge is 2.27. The van der Waals surface area contributed by atoms with E-state index in [2.05, 4.69) is 34.2 Å². The summed E-state index contributed by atoms with van der Waals surface area (Å²) < 4.78 is 40.8. The highest BCUT2D eigenvalue weighted by atomic mass is 127. The largest absolute Gasteiger partial charge is 0.411 e. The van der Waals surface area contributed by atoms with Gasteiger partial charge in [-0.1, -0.05) is 38.1 Å². The van der Waals surface area contributed by atoms with Gasteiger partial charge in [0.25, 0.3) is 0 Å². The zero-order chi connectivity index (χ0) is 18.7. The third-order valence-corrected chi connectivity index (χ3v) is 3.34. The molecule has 0 radical (unpaired) electrons. The Bertz CT molecular complexity index is 519. The highest BCUT2D eigenvalue weighted by molar-refractivity contribution is 14.0. The molecule has 1 aromatic rings. The van der Waals surface area contributed by atoms with Crippen molar-refractivity contribution in [1.82, 2.24) is 10.6 Å². The lowest BCUT2D eigenvalue weighted by Gasteiger charge is -2.12. The van der Waals surface area contributed by atoms with Crippen molar-refractivity contribution in [3.63, 3.8) is 0 Å². The van der Waals surface area contributed by atoms with Crippen LogP contribution >= 0.6 is 24.0 Å². The molecule has 0 aliphatic rings. The smallest absolute Gasteiger partial charge is 0.367 e. The number of guanidine groups is 1. The van der Waals surface area contributed by atoms with Crippen LogP contribution in [0.2, 0.25) is 0 Å². The summed E-state index contributed by atoms with van der Waals surface area (Å²) in [6.45, 7) is 7.21. The van der Waals surface area contributed by atoms with Crippen molar-refractivity contribution in [2.45, 2.75) is 46.5 Å². The maximum atomic E-state index is 12.0. The minimum atomic E-state index is -4.29. The van der Waals surface area contributed by atoms with Gasteiger partial charge in [0, 0.05) is 13.1 Å². The lowest BCUT2D eigenvalue weighted by Crippen LogP contribution is -2.38. The maximum Gasteiger partial charge on any atom is 0.411 e. The van der Waals surface area contributed by atoms with Gasteiger partial charge in [0.15, 0.2) is 5.96 Å². The Balaban J connectivity index is 0.00000625. The number of hydrogen-bond acceptors (Lipinski definition) is 2. The summed E-state index contributed by atoms with van der Waals surface area (Å²) in [7, 11) is 0. The number of nitrogens with one attached hydrogen (secondary N) is 2. The first-order valence-electron chi connectivity index (χ1n) is 8.54. The van der Waals surface area contributed by atoms with Gasteiger partial charge in [-0.3, -0.25) is 0 Å². The van der Waals surface area contributed by atoms with Crippen LogP contribution in [0.3, 0.4) is 0 Å². The van der Waals surface area contributed by atoms with Gasteiger partial charge in [0.05, 0.1) is 13.2 Å². The first-order chi connectivity index (χ1) is 11.8. The van der Waals surface area contributed by atoms with Crippen molar-refractivity contribution in [1.29, 1.82) is 0 Å². The van der Waals surface area contributed by atoms with Crippen molar-refractivity contribution in [3.05, 3.63) is 35.4 Å². The van der Waals surface area contributed by atoms with Crippen LogP contribution in [0, 0.1) is 5.92 Å². The van der Waals surface area contributed by atoms with Crippen LogP contribution in [-0.4, -0.2) is 31.8 Å². The molecule has 0 atom stereocenters. The molecule has 0 saturated carbocycles. The Kier molecular flexibility index (Phi) is 12.7. The summed E-state index contributed by atoms with van der Waals surface area (Å²) in [5.74, 6) is 1.39. The SMILES string of the molecule is CCNC(=NCc1ccc(COCC(F)(F)F)cc1)NCCC(C)C.I. The van der Waals surface area contributed by atoms with E-state index in [1.807, 2.05) is 19.1 Å². The average Bonchev–Trinajstić information content (AvgIpc) is 2.52. The molecule has 0 aliphatic heterocycles. The zero-order valence-electron chi connectivity index (χ0n) is 15.5. The van der Waals surface area contributed by atoms with Crippen LogP contribution in [-0.2, 0) is 17.9 Å². The molecule has 0 amide bonds. The molecule has 0 heterocycles. The van der Waals surface area contributed by atoms with Crippen molar-refractivity contribution >= 4 is 29.9 Å². The third-order valence-electron chi connectivity index (χ3n) is 3.34. The fourth-order valence-electron chi connectivity index (χ4n) is 2.02. The summed E-state index contributed by atoms with van der Waals surface area (Å²) >= 11 is 0. The molecule has 0 spiro atoms. The second kappa shape index (κ2) is 13.2. The summed E-state index contributed by atoms with van der Waals surface area (Å²) in [6.07, 6.45) is -3.23. The molecule has 0 aromatic heterocycles. The average molecular weight is 487 g/mol. The zero-order valence-corrected chi connectivity index (χ0v) is 17.9. The molecule has 4 nitrogen and oxygen atoms in total. The fraction of sp³-hybridized carbons (Fsp3) is 0.611. The van der Waals surface area contributed by atoms with Crippen LogP contribution < -0.4 is 10.6 Å². The number of hydrogen-bond donors (Lipinski definition) is 2. The molecule has 0 unspecified atom stereocenters. The van der Waals surface area contributed by atoms with Crippen LogP contribution in [0.25, 0.3) is 0 Å². The molecule has 0 aliphatic carbocycles. The Morgan fingerprint density at radius 3 is 2.27 bits per heavy atom. The maximum absolute atomic E-state index is 12.0. The first kappa shape index (κ1) is 25.0. The predicted octanol–water partition coefficient (Wildman–Crippen LogP) is 4.48. The monoisotopic (exact) mass is 487 g/mol. The molecule has 0 bridgehead atoms. The van der Waals surface area contributed by atoms with Crippen molar-refractivity contribution in [2.24, 2.45) is 10.9 Å². The molecular weight excluding hydrogens is 458 g/mol. The molecule has 26 heavy (non-hydrogen) atoms. The first-order valence-corrected chi connectivity index (χ1v) is 8.54. The quantitative estimate of drug-likeness (QED) is 0.307. The fourth-order valence-corrected chi connectivity index (χ4v) is 2.02. The lowest BCUT2D eigenvalue weighted by atomic mass is 10.1. The van der Waals surface area contributed by atoms with Gasteiger partial charge in [-0.15, -0.1) is 24.0 Å². The number of nitrogens with zero attached hydrogens (tertiary/aromatic N) is 1. The van der Waals surface area contributed by atoms with Gasteiger partial charge in [-0.05, 0) is 30.4 Å². The highest BCUT2D eigenvalue weighted by Crippen LogP contribution is 2.16. The van der Waals surface area contributed by atoms with Crippen molar-refractivity contribution in [2.75, 3.05) is 19.7 Å². The summed E-state index contributed by atoms with van der Waals surface area (Å²) in [6, 6.07) is 7.24. The Morgan fingerprint density at radius 2 is 1.73 bits per heavy atom. The lowest BCUT2D eigenvalue weighted by molar-refractivity contribution is -0.176. The molecule has 2 N–H and O–H groups in total. The normalized spacial score (nSPS) is 12.0. The van der Waals surface area contributed by atoms with Crippen molar-refractivity contribution in [3.8, 4) is 0 Å². The van der Waals surface area contributed by atoms with Gasteiger partial charge in [0.2, 0.25) is 0 Å². The number of ether oxygens (including phenoxy) is 1. The third kappa shape index (κ3) is 12.3. The van der Waals surface area contributed by atoms with E-state index < -0.39 is 12.8 Å². The van der Waals surface area contributed by atoms with E-state index in [4.69, 9.17) is 0 Å². The van der Waals surface area contributed by atoms with E-state index in [1.54, 1.807) is 12.1 Å². The molecule has 1 rings (SSSR count). The Hall–Kier alpha value is -1.03. The molecule has 0 saturated heterocycles. The van der Waals surface area contributed by atoms with E-state index in [0.29, 0.717) is 18.0 Å². The van der Waals surface area contributed by atoms with E-state index in [-0.39, 0.29) is 30.6 Å². The van der Waals surface area contributed by atoms with Crippen LogP contribution in [0.4, 0.5) is 13.2 Å². The Morgan fingerprint density at radius 1 is 1.12 bits per heavy atom. The molecule has 8 heteroatoms. The Labute approximate surface area is 171 Å². The number of aliphatic imine (C=N–C) groups is 1. The predicted molar refractivity (Wildman–Crippen MR) is 110 cm³/mol. The summed E-state index contributed by atoms with van der Waals surface area (Å²) in [4.78, 5) is 4.52. The number of alkyl halides is 3. The molecular formula is C18H29F3IN3O. The van der Waals surface area contributed by atoms with Gasteiger partial charge < -0.3 is 15.4 Å². The van der Waals surface area contributed by atoms with E-state index in [1.165, 1.54) is 0 Å². The standard InChI is InChI=1S/C18H28F3N3O.HI/c1-4-22-17(23-10-9-14(2)3)24-11-15-5-7-16(8-6-15)12-25-13-18(19,20)21;/h5-8,14H,4,9-13H2,1-3H3,(H2,22,23,24);1H. The van der Waals surface area contributed by atoms with Gasteiger partial charge in [0.1, 0.15) is 6.61 Å². The second-order valence-corrected chi connectivity index (χ2v) is 6.23. The number of halogens is 4. The minimum Gasteiger partial charge on any atom is -0.367 e. The number of benzene rings is 1. The summed E-state index contributed by atoms with van der Waals surface area (Å²) in [5, 5.41) is 6.48. The van der Waals surface area contributed by atoms with Gasteiger partial charge in [-0.2, -0.15) is 13.2 Å². The topological polar surface area (TPSA) is 45.7 Å². The van der Waals surface area contributed by atoms with Crippen LogP contribution in [0.5, 0.6) is 0 Å².